The van der Waals surface area contributed by atoms with Crippen molar-refractivity contribution < 1.29 is 9.59 Å². The van der Waals surface area contributed by atoms with Crippen molar-refractivity contribution >= 4 is 17.5 Å². The number of aromatic nitrogens is 5. The van der Waals surface area contributed by atoms with E-state index >= 15 is 0 Å². The van der Waals surface area contributed by atoms with Crippen LogP contribution < -0.4 is 10.6 Å². The molecule has 4 rings (SSSR count). The quantitative estimate of drug-likeness (QED) is 0.570. The summed E-state index contributed by atoms with van der Waals surface area (Å²) in [5.41, 5.74) is 2.24. The van der Waals surface area contributed by atoms with Crippen LogP contribution in [0.1, 0.15) is 33.8 Å². The van der Waals surface area contributed by atoms with Crippen LogP contribution in [0.15, 0.2) is 48.9 Å². The molecule has 4 heterocycles. The molecule has 0 aliphatic carbocycles. The minimum Gasteiger partial charge on any atom is -0.347 e. The number of allylic oxidation sites excluding steroid dienone is 1. The summed E-state index contributed by atoms with van der Waals surface area (Å²) >= 11 is 0. The predicted octanol–water partition coefficient (Wildman–Crippen LogP) is 2.01. The molecule has 0 saturated heterocycles. The first-order valence-corrected chi connectivity index (χ1v) is 9.38. The SMILES string of the molecule is Cn1cc2c(n1)C(=O)NC/C=C\CCCn1cc(cn1)-c1cccc(n1)C(=O)N2. The van der Waals surface area contributed by atoms with Crippen LogP contribution in [0.5, 0.6) is 0 Å². The van der Waals surface area contributed by atoms with Crippen molar-refractivity contribution in [2.75, 3.05) is 11.9 Å². The summed E-state index contributed by atoms with van der Waals surface area (Å²) in [6.07, 6.45) is 11.0. The Morgan fingerprint density at radius 3 is 2.83 bits per heavy atom. The van der Waals surface area contributed by atoms with E-state index in [0.717, 1.165) is 24.9 Å². The molecule has 9 nitrogen and oxygen atoms in total. The van der Waals surface area contributed by atoms with Crippen molar-refractivity contribution in [1.82, 2.24) is 29.9 Å². The Kier molecular flexibility index (Phi) is 5.19. The monoisotopic (exact) mass is 391 g/mol. The van der Waals surface area contributed by atoms with Crippen molar-refractivity contribution in [2.45, 2.75) is 19.4 Å². The molecule has 0 fully saturated rings. The first kappa shape index (κ1) is 18.6. The van der Waals surface area contributed by atoms with Gasteiger partial charge in [0.1, 0.15) is 5.69 Å². The third kappa shape index (κ3) is 4.23. The molecular formula is C20H21N7O2. The fourth-order valence-corrected chi connectivity index (χ4v) is 3.08. The summed E-state index contributed by atoms with van der Waals surface area (Å²) in [4.78, 5) is 29.7. The summed E-state index contributed by atoms with van der Waals surface area (Å²) in [6.45, 7) is 1.16. The lowest BCUT2D eigenvalue weighted by atomic mass is 10.2. The number of nitrogens with zero attached hydrogens (tertiary/aromatic N) is 5. The molecule has 4 bridgehead atoms. The van der Waals surface area contributed by atoms with E-state index in [0.29, 0.717) is 17.9 Å². The minimum atomic E-state index is -0.415. The van der Waals surface area contributed by atoms with Gasteiger partial charge in [0, 0.05) is 38.1 Å². The molecule has 0 unspecified atom stereocenters. The van der Waals surface area contributed by atoms with Crippen LogP contribution in [0.2, 0.25) is 0 Å². The van der Waals surface area contributed by atoms with Crippen molar-refractivity contribution in [3.8, 4) is 11.3 Å². The van der Waals surface area contributed by atoms with Crippen LogP contribution in [0.4, 0.5) is 5.69 Å². The number of anilines is 1. The largest absolute Gasteiger partial charge is 0.347 e. The second-order valence-electron chi connectivity index (χ2n) is 6.74. The normalized spacial score (nSPS) is 16.2. The minimum absolute atomic E-state index is 0.160. The zero-order valence-corrected chi connectivity index (χ0v) is 16.0. The van der Waals surface area contributed by atoms with Crippen LogP contribution in [-0.4, -0.2) is 42.9 Å². The van der Waals surface area contributed by atoms with E-state index in [4.69, 9.17) is 0 Å². The molecule has 0 aromatic carbocycles. The summed E-state index contributed by atoms with van der Waals surface area (Å²) < 4.78 is 3.35. The third-order valence-corrected chi connectivity index (χ3v) is 4.51. The highest BCUT2D eigenvalue weighted by atomic mass is 16.2. The van der Waals surface area contributed by atoms with Gasteiger partial charge in [-0.3, -0.25) is 19.0 Å². The Labute approximate surface area is 167 Å². The van der Waals surface area contributed by atoms with Crippen molar-refractivity contribution in [3.63, 3.8) is 0 Å². The highest BCUT2D eigenvalue weighted by Crippen LogP contribution is 2.19. The Hall–Kier alpha value is -3.75. The standard InChI is InChI=1S/C20H21N7O2/c1-26-13-17-18(25-26)20(29)21-9-4-2-3-5-10-27-12-14(11-22-27)15-7-6-8-16(23-15)19(28)24-17/h2,4,6-8,11-13H,3,5,9-10H2,1H3,(H,21,29)(H,24,28)/b4-2-. The van der Waals surface area contributed by atoms with E-state index in [9.17, 15) is 9.59 Å². The summed E-state index contributed by atoms with van der Waals surface area (Å²) in [6, 6.07) is 5.24. The molecule has 9 heteroatoms. The number of amides is 2. The Balaban J connectivity index is 1.68. The molecule has 0 atom stereocenters. The number of fused-ring (bicyclic) bond motifs is 6. The zero-order chi connectivity index (χ0) is 20.2. The van der Waals surface area contributed by atoms with Gasteiger partial charge in [-0.15, -0.1) is 0 Å². The van der Waals surface area contributed by atoms with Crippen LogP contribution in [0.25, 0.3) is 11.3 Å². The number of carbonyl (C=O) groups excluding carboxylic acids is 2. The average Bonchev–Trinajstić information content (AvgIpc) is 3.33. The van der Waals surface area contributed by atoms with Crippen LogP contribution in [0.3, 0.4) is 0 Å². The van der Waals surface area contributed by atoms with Gasteiger partial charge >= 0.3 is 0 Å². The van der Waals surface area contributed by atoms with Gasteiger partial charge in [0.05, 0.1) is 17.6 Å². The smallest absolute Gasteiger partial charge is 0.274 e. The van der Waals surface area contributed by atoms with Crippen LogP contribution >= 0.6 is 0 Å². The van der Waals surface area contributed by atoms with E-state index in [1.54, 1.807) is 31.6 Å². The highest BCUT2D eigenvalue weighted by Gasteiger charge is 2.19. The lowest BCUT2D eigenvalue weighted by molar-refractivity contribution is 0.0953. The van der Waals surface area contributed by atoms with Gasteiger partial charge in [-0.2, -0.15) is 10.2 Å². The van der Waals surface area contributed by atoms with Crippen molar-refractivity contribution in [1.29, 1.82) is 0 Å². The van der Waals surface area contributed by atoms with E-state index in [-0.39, 0.29) is 17.3 Å². The van der Waals surface area contributed by atoms with Gasteiger partial charge in [-0.1, -0.05) is 18.2 Å². The molecule has 0 radical (unpaired) electrons. The van der Waals surface area contributed by atoms with Gasteiger partial charge in [-0.25, -0.2) is 4.98 Å². The number of nitrogens with one attached hydrogen (secondary N) is 2. The molecule has 29 heavy (non-hydrogen) atoms. The van der Waals surface area contributed by atoms with E-state index in [2.05, 4.69) is 25.8 Å². The van der Waals surface area contributed by atoms with Crippen molar-refractivity contribution in [3.05, 3.63) is 60.3 Å². The zero-order valence-electron chi connectivity index (χ0n) is 16.0. The molecule has 0 saturated carbocycles. The topological polar surface area (TPSA) is 107 Å². The molecule has 3 aromatic heterocycles. The third-order valence-electron chi connectivity index (χ3n) is 4.51. The lowest BCUT2D eigenvalue weighted by Crippen LogP contribution is -2.25. The number of hydrogen-bond donors (Lipinski definition) is 2. The van der Waals surface area contributed by atoms with Gasteiger partial charge in [0.25, 0.3) is 11.8 Å². The van der Waals surface area contributed by atoms with Gasteiger partial charge in [0.15, 0.2) is 5.69 Å². The number of hydrogen-bond acceptors (Lipinski definition) is 5. The van der Waals surface area contributed by atoms with Crippen molar-refractivity contribution in [2.24, 2.45) is 7.05 Å². The van der Waals surface area contributed by atoms with Crippen LogP contribution in [-0.2, 0) is 13.6 Å². The maximum absolute atomic E-state index is 12.7. The average molecular weight is 391 g/mol. The van der Waals surface area contributed by atoms with Gasteiger partial charge in [-0.05, 0) is 25.0 Å². The second kappa shape index (κ2) is 8.09. The molecular weight excluding hydrogens is 370 g/mol. The van der Waals surface area contributed by atoms with Crippen LogP contribution in [0, 0.1) is 0 Å². The Morgan fingerprint density at radius 1 is 1.07 bits per heavy atom. The number of aryl methyl sites for hydroxylation is 2. The molecule has 2 amide bonds. The Bertz CT molecular complexity index is 1080. The molecule has 148 valence electrons. The maximum atomic E-state index is 12.7. The summed E-state index contributed by atoms with van der Waals surface area (Å²) in [7, 11) is 1.69. The van der Waals surface area contributed by atoms with Gasteiger partial charge < -0.3 is 10.6 Å². The molecule has 3 aromatic rings. The van der Waals surface area contributed by atoms with E-state index < -0.39 is 5.91 Å². The summed E-state index contributed by atoms with van der Waals surface area (Å²) in [5.74, 6) is -0.765. The maximum Gasteiger partial charge on any atom is 0.274 e. The highest BCUT2D eigenvalue weighted by molar-refractivity contribution is 6.07. The van der Waals surface area contributed by atoms with E-state index in [1.165, 1.54) is 4.68 Å². The fourth-order valence-electron chi connectivity index (χ4n) is 3.08. The number of carbonyl (C=O) groups is 2. The van der Waals surface area contributed by atoms with E-state index in [1.807, 2.05) is 29.1 Å². The number of rotatable bonds is 0. The summed E-state index contributed by atoms with van der Waals surface area (Å²) in [5, 5.41) is 14.1. The first-order chi connectivity index (χ1) is 14.1. The lowest BCUT2D eigenvalue weighted by Gasteiger charge is -2.06. The first-order valence-electron chi connectivity index (χ1n) is 9.38. The molecule has 1 aliphatic rings. The second-order valence-corrected chi connectivity index (χ2v) is 6.74. The number of pyridine rings is 1. The predicted molar refractivity (Wildman–Crippen MR) is 107 cm³/mol. The molecule has 1 aliphatic heterocycles. The molecule has 2 N–H and O–H groups in total. The van der Waals surface area contributed by atoms with Gasteiger partial charge in [0.2, 0.25) is 0 Å². The fraction of sp³-hybridized carbons (Fsp3) is 0.250. The molecule has 0 spiro atoms. The Morgan fingerprint density at radius 2 is 1.93 bits per heavy atom.